The van der Waals surface area contributed by atoms with Crippen LogP contribution in [-0.2, 0) is 4.79 Å². The van der Waals surface area contributed by atoms with Crippen LogP contribution in [0.1, 0.15) is 6.92 Å². The van der Waals surface area contributed by atoms with Crippen LogP contribution in [0.4, 0.5) is 10.5 Å². The predicted octanol–water partition coefficient (Wildman–Crippen LogP) is 1.26. The van der Waals surface area contributed by atoms with Crippen molar-refractivity contribution in [1.29, 1.82) is 0 Å². The molecule has 0 saturated carbocycles. The number of anilines is 1. The van der Waals surface area contributed by atoms with E-state index in [2.05, 4.69) is 5.32 Å². The quantitative estimate of drug-likeness (QED) is 0.752. The Hall–Kier alpha value is -2.24. The van der Waals surface area contributed by atoms with Gasteiger partial charge in [0.2, 0.25) is 0 Å². The maximum Gasteiger partial charge on any atom is 0.321 e. The number of phenolic OH excluding ortho intramolecular Hbond substituents is 1. The summed E-state index contributed by atoms with van der Waals surface area (Å²) >= 11 is 0. The molecule has 0 heterocycles. The molecule has 0 spiro atoms. The number of benzene rings is 1. The highest BCUT2D eigenvalue weighted by atomic mass is 16.4. The van der Waals surface area contributed by atoms with Crippen molar-refractivity contribution >= 4 is 17.7 Å². The second-order valence-corrected chi connectivity index (χ2v) is 4.00. The van der Waals surface area contributed by atoms with Crippen molar-refractivity contribution < 1.29 is 19.8 Å². The van der Waals surface area contributed by atoms with E-state index in [9.17, 15) is 9.59 Å². The Balaban J connectivity index is 2.56. The Kier molecular flexibility index (Phi) is 4.53. The third kappa shape index (κ3) is 3.65. The van der Waals surface area contributed by atoms with Gasteiger partial charge in [-0.25, -0.2) is 4.79 Å². The molecule has 2 amide bonds. The zero-order valence-electron chi connectivity index (χ0n) is 10.3. The number of aliphatic carboxylic acids is 1. The van der Waals surface area contributed by atoms with Gasteiger partial charge in [-0.15, -0.1) is 0 Å². The molecule has 0 radical (unpaired) electrons. The standard InChI is InChI=1S/C12H16N2O4/c1-8(11(16)17)7-13-12(18)14(2)9-3-5-10(15)6-4-9/h3-6,8,15H,7H2,1-2H3,(H,13,18)(H,16,17). The molecule has 1 rings (SSSR count). The van der Waals surface area contributed by atoms with Crippen LogP contribution in [-0.4, -0.2) is 35.8 Å². The number of hydrogen-bond donors (Lipinski definition) is 3. The monoisotopic (exact) mass is 252 g/mol. The Morgan fingerprint density at radius 3 is 2.39 bits per heavy atom. The number of hydrogen-bond acceptors (Lipinski definition) is 3. The fourth-order valence-electron chi connectivity index (χ4n) is 1.24. The fraction of sp³-hybridized carbons (Fsp3) is 0.333. The van der Waals surface area contributed by atoms with Crippen molar-refractivity contribution in [2.75, 3.05) is 18.5 Å². The van der Waals surface area contributed by atoms with Gasteiger partial charge < -0.3 is 15.5 Å². The van der Waals surface area contributed by atoms with E-state index in [0.29, 0.717) is 5.69 Å². The van der Waals surface area contributed by atoms with Crippen LogP contribution in [0.3, 0.4) is 0 Å². The highest BCUT2D eigenvalue weighted by molar-refractivity contribution is 5.91. The van der Waals surface area contributed by atoms with Gasteiger partial charge in [0.15, 0.2) is 0 Å². The molecule has 98 valence electrons. The number of urea groups is 1. The van der Waals surface area contributed by atoms with Crippen LogP contribution in [0.25, 0.3) is 0 Å². The Morgan fingerprint density at radius 2 is 1.89 bits per heavy atom. The minimum absolute atomic E-state index is 0.0661. The highest BCUT2D eigenvalue weighted by Gasteiger charge is 2.15. The molecule has 6 heteroatoms. The van der Waals surface area contributed by atoms with Crippen molar-refractivity contribution in [3.63, 3.8) is 0 Å². The van der Waals surface area contributed by atoms with Crippen molar-refractivity contribution in [2.24, 2.45) is 5.92 Å². The topological polar surface area (TPSA) is 89.9 Å². The van der Waals surface area contributed by atoms with Gasteiger partial charge >= 0.3 is 12.0 Å². The smallest absolute Gasteiger partial charge is 0.321 e. The molecule has 1 aromatic carbocycles. The Bertz CT molecular complexity index is 430. The van der Waals surface area contributed by atoms with Crippen LogP contribution in [0.15, 0.2) is 24.3 Å². The summed E-state index contributed by atoms with van der Waals surface area (Å²) in [6, 6.07) is 5.73. The average Bonchev–Trinajstić information content (AvgIpc) is 2.35. The van der Waals surface area contributed by atoms with Crippen LogP contribution in [0, 0.1) is 5.92 Å². The number of carboxylic acids is 1. The summed E-state index contributed by atoms with van der Waals surface area (Å²) in [6.45, 7) is 1.58. The maximum absolute atomic E-state index is 11.7. The molecule has 0 aliphatic rings. The van der Waals surface area contributed by atoms with Gasteiger partial charge in [0.25, 0.3) is 0 Å². The fourth-order valence-corrected chi connectivity index (χ4v) is 1.24. The average molecular weight is 252 g/mol. The largest absolute Gasteiger partial charge is 0.508 e. The molecule has 0 saturated heterocycles. The molecular formula is C12H16N2O4. The highest BCUT2D eigenvalue weighted by Crippen LogP contribution is 2.17. The summed E-state index contributed by atoms with van der Waals surface area (Å²) in [7, 11) is 1.56. The zero-order valence-corrected chi connectivity index (χ0v) is 10.3. The lowest BCUT2D eigenvalue weighted by Gasteiger charge is -2.18. The van der Waals surface area contributed by atoms with Gasteiger partial charge in [0, 0.05) is 19.3 Å². The molecule has 3 N–H and O–H groups in total. The molecule has 1 atom stereocenters. The lowest BCUT2D eigenvalue weighted by Crippen LogP contribution is -2.40. The number of carbonyl (C=O) groups is 2. The van der Waals surface area contributed by atoms with E-state index in [0.717, 1.165) is 0 Å². The zero-order chi connectivity index (χ0) is 13.7. The van der Waals surface area contributed by atoms with E-state index in [1.54, 1.807) is 19.2 Å². The first-order valence-electron chi connectivity index (χ1n) is 5.45. The van der Waals surface area contributed by atoms with Gasteiger partial charge in [0.1, 0.15) is 5.75 Å². The third-order valence-corrected chi connectivity index (χ3v) is 2.52. The number of amides is 2. The van der Waals surface area contributed by atoms with Gasteiger partial charge in [-0.3, -0.25) is 9.69 Å². The minimum Gasteiger partial charge on any atom is -0.508 e. The summed E-state index contributed by atoms with van der Waals surface area (Å²) in [5.41, 5.74) is 0.605. The van der Waals surface area contributed by atoms with E-state index in [-0.39, 0.29) is 12.3 Å². The number of nitrogens with zero attached hydrogens (tertiary/aromatic N) is 1. The van der Waals surface area contributed by atoms with Crippen LogP contribution < -0.4 is 10.2 Å². The normalized spacial score (nSPS) is 11.7. The molecule has 0 bridgehead atoms. The second-order valence-electron chi connectivity index (χ2n) is 4.00. The van der Waals surface area contributed by atoms with E-state index < -0.39 is 17.9 Å². The summed E-state index contributed by atoms with van der Waals surface area (Å²) in [5, 5.41) is 20.3. The molecule has 0 fully saturated rings. The molecule has 0 aromatic heterocycles. The molecule has 0 aliphatic carbocycles. The van der Waals surface area contributed by atoms with Gasteiger partial charge in [-0.2, -0.15) is 0 Å². The first-order chi connectivity index (χ1) is 8.41. The molecular weight excluding hydrogens is 236 g/mol. The lowest BCUT2D eigenvalue weighted by atomic mass is 10.2. The van der Waals surface area contributed by atoms with Crippen LogP contribution >= 0.6 is 0 Å². The first-order valence-corrected chi connectivity index (χ1v) is 5.45. The lowest BCUT2D eigenvalue weighted by molar-refractivity contribution is -0.140. The molecule has 0 aliphatic heterocycles. The van der Waals surface area contributed by atoms with Crippen molar-refractivity contribution in [3.8, 4) is 5.75 Å². The van der Waals surface area contributed by atoms with Crippen molar-refractivity contribution in [2.45, 2.75) is 6.92 Å². The summed E-state index contributed by atoms with van der Waals surface area (Å²) in [6.07, 6.45) is 0. The summed E-state index contributed by atoms with van der Waals surface area (Å²) < 4.78 is 0. The number of nitrogens with one attached hydrogen (secondary N) is 1. The molecule has 6 nitrogen and oxygen atoms in total. The number of rotatable bonds is 4. The van der Waals surface area contributed by atoms with E-state index in [4.69, 9.17) is 10.2 Å². The third-order valence-electron chi connectivity index (χ3n) is 2.52. The molecule has 1 unspecified atom stereocenters. The maximum atomic E-state index is 11.7. The molecule has 1 aromatic rings. The number of carbonyl (C=O) groups excluding carboxylic acids is 1. The number of carboxylic acid groups (broad SMARTS) is 1. The predicted molar refractivity (Wildman–Crippen MR) is 66.7 cm³/mol. The summed E-state index contributed by atoms with van der Waals surface area (Å²) in [5.74, 6) is -1.48. The second kappa shape index (κ2) is 5.90. The van der Waals surface area contributed by atoms with Crippen molar-refractivity contribution in [3.05, 3.63) is 24.3 Å². The van der Waals surface area contributed by atoms with Gasteiger partial charge in [-0.1, -0.05) is 6.92 Å². The minimum atomic E-state index is -0.956. The van der Waals surface area contributed by atoms with E-state index in [1.165, 1.54) is 24.0 Å². The van der Waals surface area contributed by atoms with Crippen LogP contribution in [0.5, 0.6) is 5.75 Å². The SMILES string of the molecule is CC(CNC(=O)N(C)c1ccc(O)cc1)C(=O)O. The number of phenols is 1. The Morgan fingerprint density at radius 1 is 1.33 bits per heavy atom. The Labute approximate surface area is 105 Å². The number of aromatic hydroxyl groups is 1. The van der Waals surface area contributed by atoms with Gasteiger partial charge in [0.05, 0.1) is 5.92 Å². The van der Waals surface area contributed by atoms with E-state index >= 15 is 0 Å². The van der Waals surface area contributed by atoms with Crippen molar-refractivity contribution in [1.82, 2.24) is 5.32 Å². The van der Waals surface area contributed by atoms with Gasteiger partial charge in [-0.05, 0) is 24.3 Å². The summed E-state index contributed by atoms with van der Waals surface area (Å²) in [4.78, 5) is 23.7. The first kappa shape index (κ1) is 13.8. The van der Waals surface area contributed by atoms with E-state index in [1.807, 2.05) is 0 Å². The van der Waals surface area contributed by atoms with Crippen LogP contribution in [0.2, 0.25) is 0 Å². The molecule has 18 heavy (non-hydrogen) atoms.